The highest BCUT2D eigenvalue weighted by Gasteiger charge is 2.38. The van der Waals surface area contributed by atoms with Gasteiger partial charge in [0.05, 0.1) is 29.8 Å². The zero-order chi connectivity index (χ0) is 20.1. The molecule has 3 aromatic heterocycles. The number of nitrogens with two attached hydrogens (primary N) is 1. The zero-order valence-corrected chi connectivity index (χ0v) is 15.5. The van der Waals surface area contributed by atoms with E-state index in [4.69, 9.17) is 14.9 Å². The molecule has 0 radical (unpaired) electrons. The van der Waals surface area contributed by atoms with Gasteiger partial charge < -0.3 is 19.6 Å². The van der Waals surface area contributed by atoms with Gasteiger partial charge in [-0.1, -0.05) is 0 Å². The lowest BCUT2D eigenvalue weighted by Gasteiger charge is -2.29. The van der Waals surface area contributed by atoms with Gasteiger partial charge in [-0.15, -0.1) is 0 Å². The van der Waals surface area contributed by atoms with Gasteiger partial charge in [0, 0.05) is 12.4 Å². The van der Waals surface area contributed by atoms with Gasteiger partial charge in [-0.05, 0) is 37.6 Å². The Balaban J connectivity index is 1.95. The highest BCUT2D eigenvalue weighted by Crippen LogP contribution is 2.28. The molecule has 0 saturated carbocycles. The number of aliphatic hydroxyl groups excluding tert-OH is 1. The summed E-state index contributed by atoms with van der Waals surface area (Å²) in [5.74, 6) is 0.313. The van der Waals surface area contributed by atoms with Crippen molar-refractivity contribution in [3.63, 3.8) is 0 Å². The molecule has 3 aromatic rings. The maximum absolute atomic E-state index is 12.7. The summed E-state index contributed by atoms with van der Waals surface area (Å²) in [6, 6.07) is 5.05. The van der Waals surface area contributed by atoms with Crippen molar-refractivity contribution < 1.29 is 19.1 Å². The summed E-state index contributed by atoms with van der Waals surface area (Å²) in [5.41, 5.74) is 6.37. The summed E-state index contributed by atoms with van der Waals surface area (Å²) >= 11 is 0. The summed E-state index contributed by atoms with van der Waals surface area (Å²) in [6.07, 6.45) is 6.44. The Bertz CT molecular complexity index is 931. The molecule has 9 heteroatoms. The lowest BCUT2D eigenvalue weighted by Crippen LogP contribution is -2.54. The third kappa shape index (κ3) is 4.16. The molecule has 0 aliphatic carbocycles. The predicted octanol–water partition coefficient (Wildman–Crippen LogP) is 1.12. The molecule has 0 spiro atoms. The summed E-state index contributed by atoms with van der Waals surface area (Å²) in [5, 5.41) is 12.1. The summed E-state index contributed by atoms with van der Waals surface area (Å²) < 4.78 is 11.0. The highest BCUT2D eigenvalue weighted by molar-refractivity contribution is 5.94. The fourth-order valence-corrected chi connectivity index (χ4v) is 2.67. The number of aliphatic hydroxyl groups is 1. The first kappa shape index (κ1) is 19.5. The Morgan fingerprint density at radius 1 is 1.39 bits per heavy atom. The van der Waals surface area contributed by atoms with Crippen molar-refractivity contribution in [2.75, 3.05) is 6.61 Å². The van der Waals surface area contributed by atoms with Crippen molar-refractivity contribution in [2.45, 2.75) is 25.6 Å². The number of carbonyl (C=O) groups is 1. The molecule has 0 aliphatic rings. The zero-order valence-electron chi connectivity index (χ0n) is 15.5. The monoisotopic (exact) mass is 383 g/mol. The molecular weight excluding hydrogens is 362 g/mol. The van der Waals surface area contributed by atoms with E-state index in [0.717, 1.165) is 0 Å². The lowest BCUT2D eigenvalue weighted by molar-refractivity contribution is 0.0902. The number of hydrogen-bond donors (Lipinski definition) is 3. The van der Waals surface area contributed by atoms with E-state index in [-0.39, 0.29) is 12.2 Å². The summed E-state index contributed by atoms with van der Waals surface area (Å²) in [7, 11) is 0. The Morgan fingerprint density at radius 2 is 2.14 bits per heavy atom. The number of aryl methyl sites for hydroxylation is 1. The van der Waals surface area contributed by atoms with E-state index >= 15 is 0 Å². The highest BCUT2D eigenvalue weighted by atomic mass is 16.5. The number of ether oxygens (including phenoxy) is 1. The number of carbonyl (C=O) groups excluding carboxylic acids is 1. The second-order valence-corrected chi connectivity index (χ2v) is 6.36. The molecular formula is C19H21N5O4. The van der Waals surface area contributed by atoms with Crippen LogP contribution in [0.25, 0.3) is 0 Å². The van der Waals surface area contributed by atoms with E-state index in [9.17, 15) is 9.90 Å². The first-order valence-corrected chi connectivity index (χ1v) is 8.58. The van der Waals surface area contributed by atoms with E-state index in [1.807, 2.05) is 0 Å². The summed E-state index contributed by atoms with van der Waals surface area (Å²) in [6.45, 7) is 3.55. The quantitative estimate of drug-likeness (QED) is 0.516. The van der Waals surface area contributed by atoms with Crippen molar-refractivity contribution in [3.05, 3.63) is 72.0 Å². The van der Waals surface area contributed by atoms with Crippen molar-refractivity contribution in [1.29, 1.82) is 0 Å². The van der Waals surface area contributed by atoms with Crippen LogP contribution in [-0.2, 0) is 5.66 Å². The minimum absolute atomic E-state index is 0.136. The van der Waals surface area contributed by atoms with Gasteiger partial charge in [0.15, 0.2) is 5.66 Å². The van der Waals surface area contributed by atoms with Gasteiger partial charge >= 0.3 is 0 Å². The number of nitrogens with zero attached hydrogens (tertiary/aromatic N) is 3. The molecule has 0 bridgehead atoms. The number of pyridine rings is 1. The van der Waals surface area contributed by atoms with Crippen LogP contribution < -0.4 is 15.8 Å². The molecule has 0 fully saturated rings. The lowest BCUT2D eigenvalue weighted by atomic mass is 9.98. The molecule has 1 unspecified atom stereocenters. The largest absolute Gasteiger partial charge is 0.489 e. The Labute approximate surface area is 161 Å². The van der Waals surface area contributed by atoms with Gasteiger partial charge in [0.25, 0.3) is 5.91 Å². The maximum Gasteiger partial charge on any atom is 0.256 e. The maximum atomic E-state index is 12.7. The Hall–Kier alpha value is -3.30. The first-order valence-electron chi connectivity index (χ1n) is 8.58. The molecule has 0 saturated heterocycles. The summed E-state index contributed by atoms with van der Waals surface area (Å²) in [4.78, 5) is 24.8. The van der Waals surface area contributed by atoms with Crippen molar-refractivity contribution in [3.8, 4) is 5.75 Å². The van der Waals surface area contributed by atoms with Crippen LogP contribution in [-0.4, -0.2) is 38.7 Å². The molecule has 146 valence electrons. The molecule has 1 amide bonds. The van der Waals surface area contributed by atoms with E-state index < -0.39 is 17.7 Å². The Kier molecular flexibility index (Phi) is 5.67. The molecule has 9 nitrogen and oxygen atoms in total. The topological polar surface area (TPSA) is 136 Å². The number of nitrogens with one attached hydrogen (secondary N) is 1. The van der Waals surface area contributed by atoms with Crippen LogP contribution in [0.1, 0.15) is 34.3 Å². The van der Waals surface area contributed by atoms with E-state index in [1.54, 1.807) is 32.0 Å². The minimum atomic E-state index is -1.52. The molecule has 0 aliphatic heterocycles. The average Bonchev–Trinajstić information content (AvgIpc) is 3.22. The number of rotatable bonds is 7. The smallest absolute Gasteiger partial charge is 0.256 e. The van der Waals surface area contributed by atoms with Gasteiger partial charge in [-0.3, -0.25) is 15.5 Å². The van der Waals surface area contributed by atoms with Crippen LogP contribution >= 0.6 is 0 Å². The number of hydrogen-bond acceptors (Lipinski definition) is 8. The van der Waals surface area contributed by atoms with Crippen LogP contribution in [0.3, 0.4) is 0 Å². The first-order chi connectivity index (χ1) is 13.4. The molecule has 2 atom stereocenters. The van der Waals surface area contributed by atoms with E-state index in [2.05, 4.69) is 20.3 Å². The fraction of sp³-hybridized carbons (Fsp3) is 0.263. The number of furan rings is 1. The second-order valence-electron chi connectivity index (χ2n) is 6.36. The van der Waals surface area contributed by atoms with Crippen LogP contribution in [0, 0.1) is 6.92 Å². The number of amides is 1. The van der Waals surface area contributed by atoms with Gasteiger partial charge in [0.1, 0.15) is 24.4 Å². The van der Waals surface area contributed by atoms with Crippen molar-refractivity contribution in [1.82, 2.24) is 20.3 Å². The second kappa shape index (κ2) is 8.15. The third-order valence-corrected chi connectivity index (χ3v) is 3.96. The number of aromatic nitrogens is 3. The van der Waals surface area contributed by atoms with Gasteiger partial charge in [0.2, 0.25) is 0 Å². The van der Waals surface area contributed by atoms with Crippen molar-refractivity contribution >= 4 is 5.91 Å². The third-order valence-electron chi connectivity index (χ3n) is 3.96. The standard InChI is InChI=1S/C19H21N5O4/c1-12-6-15(28-10-13(2)25)9-23-17(12)19(20,16-4-3-5-27-16)24-18(26)14-7-21-11-22-8-14/h3-9,11,13,25H,10,20H2,1-2H3,(H,24,26)/t13-,19?/m0/s1. The van der Waals surface area contributed by atoms with Crippen LogP contribution in [0.15, 0.2) is 53.8 Å². The SMILES string of the molecule is Cc1cc(OC[C@H](C)O)cnc1C(N)(NC(=O)c1cncnc1)c1ccco1. The van der Waals surface area contributed by atoms with Crippen LogP contribution in [0.5, 0.6) is 5.75 Å². The average molecular weight is 383 g/mol. The molecule has 3 heterocycles. The van der Waals surface area contributed by atoms with Gasteiger partial charge in [-0.25, -0.2) is 9.97 Å². The predicted molar refractivity (Wildman–Crippen MR) is 99.3 cm³/mol. The van der Waals surface area contributed by atoms with Gasteiger partial charge in [-0.2, -0.15) is 0 Å². The van der Waals surface area contributed by atoms with Crippen LogP contribution in [0.2, 0.25) is 0 Å². The molecule has 28 heavy (non-hydrogen) atoms. The van der Waals surface area contributed by atoms with Crippen LogP contribution in [0.4, 0.5) is 0 Å². The molecule has 0 aromatic carbocycles. The van der Waals surface area contributed by atoms with E-state index in [1.165, 1.54) is 31.2 Å². The van der Waals surface area contributed by atoms with Crippen molar-refractivity contribution in [2.24, 2.45) is 5.73 Å². The fourth-order valence-electron chi connectivity index (χ4n) is 2.67. The molecule has 3 rings (SSSR count). The molecule has 4 N–H and O–H groups in total. The van der Waals surface area contributed by atoms with E-state index in [0.29, 0.717) is 22.8 Å². The normalized spacial score (nSPS) is 14.1. The minimum Gasteiger partial charge on any atom is -0.489 e. The Morgan fingerprint density at radius 3 is 2.75 bits per heavy atom.